The van der Waals surface area contributed by atoms with E-state index in [1.54, 1.807) is 0 Å². The van der Waals surface area contributed by atoms with E-state index in [9.17, 15) is 4.79 Å². The molecule has 1 unspecified atom stereocenters. The van der Waals surface area contributed by atoms with Crippen molar-refractivity contribution in [2.75, 3.05) is 44.7 Å². The number of anilines is 1. The number of nitrogens with zero attached hydrogens (tertiary/aromatic N) is 4. The standard InChI is InChI=1S/C20H29N5O2/c1-16(23(3)19-7-5-4-6-8-19)14-21-20(26)25-11-9-24(10-12-25)15-18-13-17(2)27-22-18/h4-8,13,16H,9-12,14-15H2,1-3H3,(H,21,26). The van der Waals surface area contributed by atoms with Crippen LogP contribution in [0.3, 0.4) is 0 Å². The number of carbonyl (C=O) groups is 1. The summed E-state index contributed by atoms with van der Waals surface area (Å²) in [6.45, 7) is 8.54. The predicted octanol–water partition coefficient (Wildman–Crippen LogP) is 2.34. The van der Waals surface area contributed by atoms with Crippen LogP contribution in [-0.4, -0.2) is 66.8 Å². The summed E-state index contributed by atoms with van der Waals surface area (Å²) in [6, 6.07) is 12.4. The Hall–Kier alpha value is -2.54. The molecule has 0 saturated carbocycles. The summed E-state index contributed by atoms with van der Waals surface area (Å²) in [4.78, 5) is 18.8. The van der Waals surface area contributed by atoms with Gasteiger partial charge in [-0.15, -0.1) is 0 Å². The van der Waals surface area contributed by atoms with Crippen LogP contribution < -0.4 is 10.2 Å². The van der Waals surface area contributed by atoms with Crippen molar-refractivity contribution in [1.29, 1.82) is 0 Å². The quantitative estimate of drug-likeness (QED) is 0.844. The number of urea groups is 1. The van der Waals surface area contributed by atoms with Crippen LogP contribution in [0.5, 0.6) is 0 Å². The Labute approximate surface area is 160 Å². The van der Waals surface area contributed by atoms with Gasteiger partial charge >= 0.3 is 6.03 Å². The molecule has 3 rings (SSSR count). The molecule has 0 radical (unpaired) electrons. The van der Waals surface area contributed by atoms with Crippen LogP contribution in [0.15, 0.2) is 40.9 Å². The topological polar surface area (TPSA) is 64.8 Å². The smallest absolute Gasteiger partial charge is 0.317 e. The number of carbonyl (C=O) groups excluding carboxylic acids is 1. The van der Waals surface area contributed by atoms with Gasteiger partial charge in [-0.3, -0.25) is 4.90 Å². The molecule has 2 aromatic rings. The number of nitrogens with one attached hydrogen (secondary N) is 1. The fourth-order valence-electron chi connectivity index (χ4n) is 3.23. The Bertz CT molecular complexity index is 725. The third kappa shape index (κ3) is 5.23. The van der Waals surface area contributed by atoms with Crippen LogP contribution in [0.25, 0.3) is 0 Å². The Kier molecular flexibility index (Phi) is 6.34. The van der Waals surface area contributed by atoms with E-state index in [1.807, 2.05) is 36.1 Å². The SMILES string of the molecule is Cc1cc(CN2CCN(C(=O)NCC(C)N(C)c3ccccc3)CC2)no1. The van der Waals surface area contributed by atoms with Crippen LogP contribution in [0, 0.1) is 6.92 Å². The second kappa shape index (κ2) is 8.90. The van der Waals surface area contributed by atoms with Gasteiger partial charge in [-0.25, -0.2) is 4.79 Å². The van der Waals surface area contributed by atoms with Gasteiger partial charge in [0.2, 0.25) is 0 Å². The lowest BCUT2D eigenvalue weighted by Crippen LogP contribution is -2.53. The van der Waals surface area contributed by atoms with Gasteiger partial charge in [0.25, 0.3) is 0 Å². The zero-order valence-electron chi connectivity index (χ0n) is 16.4. The van der Waals surface area contributed by atoms with Gasteiger partial charge in [-0.2, -0.15) is 0 Å². The molecular weight excluding hydrogens is 342 g/mol. The van der Waals surface area contributed by atoms with E-state index < -0.39 is 0 Å². The summed E-state index contributed by atoms with van der Waals surface area (Å²) in [5.41, 5.74) is 2.10. The van der Waals surface area contributed by atoms with E-state index >= 15 is 0 Å². The molecule has 0 spiro atoms. The third-order valence-corrected chi connectivity index (χ3v) is 5.10. The van der Waals surface area contributed by atoms with Gasteiger partial charge in [0.05, 0.1) is 5.69 Å². The number of para-hydroxylation sites is 1. The van der Waals surface area contributed by atoms with Crippen LogP contribution in [-0.2, 0) is 6.54 Å². The second-order valence-electron chi connectivity index (χ2n) is 7.17. The predicted molar refractivity (Wildman–Crippen MR) is 106 cm³/mol. The number of benzene rings is 1. The number of hydrogen-bond acceptors (Lipinski definition) is 5. The van der Waals surface area contributed by atoms with Crippen LogP contribution >= 0.6 is 0 Å². The summed E-state index contributed by atoms with van der Waals surface area (Å²) < 4.78 is 5.12. The molecule has 27 heavy (non-hydrogen) atoms. The molecule has 1 aromatic heterocycles. The highest BCUT2D eigenvalue weighted by Gasteiger charge is 2.22. The highest BCUT2D eigenvalue weighted by Crippen LogP contribution is 2.14. The first-order valence-electron chi connectivity index (χ1n) is 9.48. The Morgan fingerprint density at radius 2 is 1.96 bits per heavy atom. The number of aromatic nitrogens is 1. The molecule has 1 atom stereocenters. The first-order chi connectivity index (χ1) is 13.0. The molecule has 0 bridgehead atoms. The molecule has 1 fully saturated rings. The lowest BCUT2D eigenvalue weighted by atomic mass is 10.2. The van der Waals surface area contributed by atoms with Crippen LogP contribution in [0.2, 0.25) is 0 Å². The van der Waals surface area contributed by atoms with Crippen molar-refractivity contribution < 1.29 is 9.32 Å². The van der Waals surface area contributed by atoms with Crippen molar-refractivity contribution >= 4 is 11.7 Å². The fraction of sp³-hybridized carbons (Fsp3) is 0.500. The molecule has 2 amide bonds. The zero-order chi connectivity index (χ0) is 19.2. The minimum absolute atomic E-state index is 0.0141. The lowest BCUT2D eigenvalue weighted by molar-refractivity contribution is 0.133. The van der Waals surface area contributed by atoms with Crippen molar-refractivity contribution in [1.82, 2.24) is 20.3 Å². The van der Waals surface area contributed by atoms with Gasteiger partial charge in [0.1, 0.15) is 5.76 Å². The van der Waals surface area contributed by atoms with Gasteiger partial charge in [0, 0.05) is 64.1 Å². The average molecular weight is 371 g/mol. The van der Waals surface area contributed by atoms with Crippen molar-refractivity contribution in [3.05, 3.63) is 47.9 Å². The van der Waals surface area contributed by atoms with Crippen molar-refractivity contribution in [3.63, 3.8) is 0 Å². The normalized spacial score (nSPS) is 16.2. The Balaban J connectivity index is 1.40. The maximum atomic E-state index is 12.5. The second-order valence-corrected chi connectivity index (χ2v) is 7.17. The number of hydrogen-bond donors (Lipinski definition) is 1. The Morgan fingerprint density at radius 1 is 1.26 bits per heavy atom. The van der Waals surface area contributed by atoms with Gasteiger partial charge in [-0.05, 0) is 26.0 Å². The molecule has 146 valence electrons. The number of aryl methyl sites for hydroxylation is 1. The molecule has 1 saturated heterocycles. The highest BCUT2D eigenvalue weighted by atomic mass is 16.5. The molecule has 1 aromatic carbocycles. The first-order valence-corrected chi connectivity index (χ1v) is 9.48. The van der Waals surface area contributed by atoms with E-state index in [0.717, 1.165) is 49.9 Å². The number of likely N-dealkylation sites (N-methyl/N-ethyl adjacent to an activating group) is 1. The average Bonchev–Trinajstić information content (AvgIpc) is 3.11. The van der Waals surface area contributed by atoms with Gasteiger partial charge in [0.15, 0.2) is 0 Å². The van der Waals surface area contributed by atoms with Crippen molar-refractivity contribution in [2.45, 2.75) is 26.4 Å². The van der Waals surface area contributed by atoms with Crippen LogP contribution in [0.1, 0.15) is 18.4 Å². The van der Waals surface area contributed by atoms with E-state index in [2.05, 4.69) is 46.4 Å². The van der Waals surface area contributed by atoms with Crippen molar-refractivity contribution in [2.24, 2.45) is 0 Å². The molecule has 7 heteroatoms. The molecule has 1 N–H and O–H groups in total. The summed E-state index contributed by atoms with van der Waals surface area (Å²) in [7, 11) is 2.05. The highest BCUT2D eigenvalue weighted by molar-refractivity contribution is 5.74. The molecule has 7 nitrogen and oxygen atoms in total. The number of amides is 2. The van der Waals surface area contributed by atoms with E-state index in [-0.39, 0.29) is 12.1 Å². The molecule has 0 aliphatic carbocycles. The van der Waals surface area contributed by atoms with Gasteiger partial charge < -0.3 is 19.6 Å². The summed E-state index contributed by atoms with van der Waals surface area (Å²) >= 11 is 0. The summed E-state index contributed by atoms with van der Waals surface area (Å²) in [5.74, 6) is 0.831. The molecular formula is C20H29N5O2. The largest absolute Gasteiger partial charge is 0.370 e. The van der Waals surface area contributed by atoms with E-state index in [0.29, 0.717) is 6.54 Å². The monoisotopic (exact) mass is 371 g/mol. The van der Waals surface area contributed by atoms with Crippen molar-refractivity contribution in [3.8, 4) is 0 Å². The third-order valence-electron chi connectivity index (χ3n) is 5.10. The van der Waals surface area contributed by atoms with Crippen LogP contribution in [0.4, 0.5) is 10.5 Å². The molecule has 1 aliphatic rings. The zero-order valence-corrected chi connectivity index (χ0v) is 16.4. The maximum Gasteiger partial charge on any atom is 0.317 e. The minimum atomic E-state index is 0.0141. The maximum absolute atomic E-state index is 12.5. The number of piperazine rings is 1. The van der Waals surface area contributed by atoms with E-state index in [4.69, 9.17) is 4.52 Å². The van der Waals surface area contributed by atoms with E-state index in [1.165, 1.54) is 0 Å². The fourth-order valence-corrected chi connectivity index (χ4v) is 3.23. The Morgan fingerprint density at radius 3 is 2.59 bits per heavy atom. The number of rotatable bonds is 6. The lowest BCUT2D eigenvalue weighted by Gasteiger charge is -2.35. The minimum Gasteiger partial charge on any atom is -0.370 e. The molecule has 2 heterocycles. The molecule has 1 aliphatic heterocycles. The summed E-state index contributed by atoms with van der Waals surface area (Å²) in [6.07, 6.45) is 0. The first kappa shape index (κ1) is 19.2. The summed E-state index contributed by atoms with van der Waals surface area (Å²) in [5, 5.41) is 7.11. The van der Waals surface area contributed by atoms with Gasteiger partial charge in [-0.1, -0.05) is 23.4 Å².